The van der Waals surface area contributed by atoms with E-state index in [1.54, 1.807) is 48.2 Å². The van der Waals surface area contributed by atoms with Gasteiger partial charge in [0.15, 0.2) is 5.60 Å². The number of aliphatic hydroxyl groups is 1. The summed E-state index contributed by atoms with van der Waals surface area (Å²) in [5.74, 6) is -0.116. The number of rotatable bonds is 10. The van der Waals surface area contributed by atoms with Crippen molar-refractivity contribution in [2.75, 3.05) is 18.6 Å². The molecular weight excluding hydrogens is 644 g/mol. The summed E-state index contributed by atoms with van der Waals surface area (Å²) in [6.45, 7) is 5.94. The Labute approximate surface area is 284 Å². The number of carbonyl (C=O) groups is 1. The van der Waals surface area contributed by atoms with Crippen molar-refractivity contribution in [3.05, 3.63) is 106 Å². The lowest BCUT2D eigenvalue weighted by atomic mass is 9.82. The molecule has 2 aliphatic rings. The van der Waals surface area contributed by atoms with Crippen molar-refractivity contribution in [1.82, 2.24) is 24.8 Å². The second kappa shape index (κ2) is 12.6. The van der Waals surface area contributed by atoms with Crippen molar-refractivity contribution in [3.63, 3.8) is 0 Å². The molecule has 4 heterocycles. The number of carbonyl (C=O) groups excluding carboxylic acids is 1. The highest BCUT2D eigenvalue weighted by Crippen LogP contribution is 2.60. The van der Waals surface area contributed by atoms with Crippen LogP contribution in [0.4, 0.5) is 9.80 Å². The molecule has 0 saturated carbocycles. The van der Waals surface area contributed by atoms with Crippen LogP contribution in [0.5, 0.6) is 5.75 Å². The van der Waals surface area contributed by atoms with Crippen LogP contribution >= 0.6 is 0 Å². The summed E-state index contributed by atoms with van der Waals surface area (Å²) in [5.41, 5.74) is 1.40. The molecule has 2 aromatic heterocycles. The Balaban J connectivity index is 1.20. The first-order valence-corrected chi connectivity index (χ1v) is 19.4. The van der Waals surface area contributed by atoms with Gasteiger partial charge in [0.25, 0.3) is 11.5 Å². The topological polar surface area (TPSA) is 125 Å². The zero-order valence-electron chi connectivity index (χ0n) is 27.9. The number of aliphatic hydroxyl groups excluding tert-OH is 1. The zero-order chi connectivity index (χ0) is 34.5. The molecule has 1 N–H and O–H groups in total. The van der Waals surface area contributed by atoms with E-state index in [-0.39, 0.29) is 24.6 Å². The van der Waals surface area contributed by atoms with Crippen LogP contribution < -0.4 is 15.2 Å². The van der Waals surface area contributed by atoms with Crippen LogP contribution in [0.15, 0.2) is 83.9 Å². The molecule has 7 rings (SSSR count). The van der Waals surface area contributed by atoms with Gasteiger partial charge < -0.3 is 23.6 Å². The number of methoxy groups -OCH3 is 1. The van der Waals surface area contributed by atoms with Crippen LogP contribution in [0.25, 0.3) is 16.5 Å². The third-order valence-corrected chi connectivity index (χ3v) is 12.4. The van der Waals surface area contributed by atoms with Gasteiger partial charge in [-0.2, -0.15) is 9.78 Å². The van der Waals surface area contributed by atoms with E-state index >= 15 is 4.11 Å². The van der Waals surface area contributed by atoms with E-state index in [1.807, 2.05) is 67.6 Å². The molecular formula is C36H39FN6O5Si. The lowest BCUT2D eigenvalue weighted by Crippen LogP contribution is -2.45. The number of aromatic nitrogens is 5. The molecule has 2 aliphatic heterocycles. The molecule has 1 fully saturated rings. The lowest BCUT2D eigenvalue weighted by molar-refractivity contribution is -0.146. The first-order valence-electron chi connectivity index (χ1n) is 16.5. The van der Waals surface area contributed by atoms with Gasteiger partial charge in [0.1, 0.15) is 5.75 Å². The first-order chi connectivity index (χ1) is 23.5. The molecule has 0 bridgehead atoms. The van der Waals surface area contributed by atoms with Gasteiger partial charge in [0.05, 0.1) is 48.4 Å². The van der Waals surface area contributed by atoms with E-state index in [4.69, 9.17) is 9.47 Å². The Morgan fingerprint density at radius 3 is 2.59 bits per heavy atom. The summed E-state index contributed by atoms with van der Waals surface area (Å²) < 4.78 is 31.8. The number of hydrogen-bond donors (Lipinski definition) is 1. The Morgan fingerprint density at radius 2 is 1.86 bits per heavy atom. The number of amides is 1. The Morgan fingerprint density at radius 1 is 1.08 bits per heavy atom. The molecule has 4 atom stereocenters. The molecule has 1 spiro atoms. The van der Waals surface area contributed by atoms with E-state index in [0.717, 1.165) is 10.9 Å². The van der Waals surface area contributed by atoms with Crippen molar-refractivity contribution >= 4 is 30.8 Å². The van der Waals surface area contributed by atoms with Gasteiger partial charge in [-0.3, -0.25) is 14.3 Å². The summed E-state index contributed by atoms with van der Waals surface area (Å²) in [5, 5.41) is 23.3. The van der Waals surface area contributed by atoms with E-state index < -0.39 is 31.6 Å². The second-order valence-corrected chi connectivity index (χ2v) is 17.2. The summed E-state index contributed by atoms with van der Waals surface area (Å²) in [6, 6.07) is 20.2. The molecule has 1 saturated heterocycles. The van der Waals surface area contributed by atoms with Crippen molar-refractivity contribution < 1.29 is 23.5 Å². The van der Waals surface area contributed by atoms with Crippen LogP contribution in [0.2, 0.25) is 18.6 Å². The first kappa shape index (κ1) is 32.8. The molecule has 49 heavy (non-hydrogen) atoms. The predicted octanol–water partition coefficient (Wildman–Crippen LogP) is 4.93. The molecule has 254 valence electrons. The van der Waals surface area contributed by atoms with E-state index in [1.165, 1.54) is 4.68 Å². The fraction of sp³-hybridized carbons (Fsp3) is 0.361. The molecule has 1 amide bonds. The highest BCUT2D eigenvalue weighted by atomic mass is 28.4. The minimum Gasteiger partial charge on any atom is -0.497 e. The number of ether oxygens (including phenoxy) is 2. The summed E-state index contributed by atoms with van der Waals surface area (Å²) >= 11 is 0. The van der Waals surface area contributed by atoms with Gasteiger partial charge in [-0.15, -0.1) is 5.10 Å². The molecule has 0 unspecified atom stereocenters. The maximum atomic E-state index is 16.3. The summed E-state index contributed by atoms with van der Waals surface area (Å²) in [7, 11) is -1.78. The molecule has 5 aromatic rings. The van der Waals surface area contributed by atoms with Crippen molar-refractivity contribution in [2.24, 2.45) is 5.92 Å². The van der Waals surface area contributed by atoms with Crippen molar-refractivity contribution in [3.8, 4) is 11.4 Å². The van der Waals surface area contributed by atoms with Crippen LogP contribution in [-0.4, -0.2) is 64.0 Å². The minimum atomic E-state index is -3.36. The van der Waals surface area contributed by atoms with Gasteiger partial charge >= 0.3 is 0 Å². The summed E-state index contributed by atoms with van der Waals surface area (Å²) in [6.07, 6.45) is 3.75. The fourth-order valence-electron chi connectivity index (χ4n) is 7.72. The molecule has 11 nitrogen and oxygen atoms in total. The van der Waals surface area contributed by atoms with Gasteiger partial charge in [0.2, 0.25) is 8.41 Å². The number of anilines is 1. The average molecular weight is 683 g/mol. The maximum absolute atomic E-state index is 16.3. The smallest absolute Gasteiger partial charge is 0.279 e. The SMILES string of the molecule is COc1ccc2c(c1)[C@@]1(O[C@H](CCn3cc(CCO)nn3)[C@@H]([Si](C)(C)F)[C@@H]1C)C(=O)N2Cc1ccc(-n2ncc3ccccc3c2=O)cc1. The molecule has 0 radical (unpaired) electrons. The Hall–Kier alpha value is -4.72. The monoisotopic (exact) mass is 682 g/mol. The highest BCUT2D eigenvalue weighted by Gasteiger charge is 2.66. The Bertz CT molecular complexity index is 2080. The molecule has 0 aliphatic carbocycles. The normalized spacial score (nSPS) is 22.0. The number of hydrogen-bond acceptors (Lipinski definition) is 8. The number of benzene rings is 3. The van der Waals surface area contributed by atoms with E-state index in [2.05, 4.69) is 15.4 Å². The van der Waals surface area contributed by atoms with E-state index in [9.17, 15) is 14.7 Å². The third kappa shape index (κ3) is 5.65. The van der Waals surface area contributed by atoms with Crippen LogP contribution in [0.1, 0.15) is 30.2 Å². The van der Waals surface area contributed by atoms with Gasteiger partial charge in [0, 0.05) is 48.2 Å². The second-order valence-electron chi connectivity index (χ2n) is 13.4. The zero-order valence-corrected chi connectivity index (χ0v) is 28.9. The number of fused-ring (bicyclic) bond motifs is 3. The number of halogens is 1. The number of nitrogens with zero attached hydrogens (tertiary/aromatic N) is 6. The predicted molar refractivity (Wildman–Crippen MR) is 185 cm³/mol. The highest BCUT2D eigenvalue weighted by molar-refractivity contribution is 6.72. The Kier molecular flexibility index (Phi) is 8.45. The van der Waals surface area contributed by atoms with Gasteiger partial charge in [-0.05, 0) is 61.5 Å². The standard InChI is InChI=1S/C36H39FN6O5Si/c1-23-33(49(3,4)37)32(15-17-41-22-26(16-18-44)39-40-41)48-36(23)30-19-28(47-2)13-14-31(30)42(35(36)46)21-24-9-11-27(12-10-24)43-34(45)29-8-6-5-7-25(29)20-38-43/h5-14,19-20,22-23,32-33,44H,15-18,21H2,1-4H3/t23-,32+,33-,36+/m0/s1. The number of aryl methyl sites for hydroxylation is 1. The average Bonchev–Trinajstić information content (AvgIpc) is 3.74. The molecule has 3 aromatic carbocycles. The van der Waals surface area contributed by atoms with Gasteiger partial charge in [-0.25, -0.2) is 0 Å². The van der Waals surface area contributed by atoms with Crippen LogP contribution in [-0.2, 0) is 34.6 Å². The van der Waals surface area contributed by atoms with Crippen molar-refractivity contribution in [2.45, 2.75) is 63.2 Å². The largest absolute Gasteiger partial charge is 0.497 e. The van der Waals surface area contributed by atoms with Crippen molar-refractivity contribution in [1.29, 1.82) is 0 Å². The van der Waals surface area contributed by atoms with Crippen LogP contribution in [0.3, 0.4) is 0 Å². The lowest BCUT2D eigenvalue weighted by Gasteiger charge is -2.31. The minimum absolute atomic E-state index is 0.0263. The fourth-order valence-corrected chi connectivity index (χ4v) is 10.3. The quantitative estimate of drug-likeness (QED) is 0.163. The third-order valence-electron chi connectivity index (χ3n) is 9.98. The van der Waals surface area contributed by atoms with Gasteiger partial charge in [-0.1, -0.05) is 42.5 Å². The maximum Gasteiger partial charge on any atom is 0.279 e. The van der Waals surface area contributed by atoms with Crippen LogP contribution in [0, 0.1) is 5.92 Å². The molecule has 13 heteroatoms. The summed E-state index contributed by atoms with van der Waals surface area (Å²) in [4.78, 5) is 29.6. The van der Waals surface area contributed by atoms with E-state index in [0.29, 0.717) is 53.2 Å².